The van der Waals surface area contributed by atoms with Gasteiger partial charge >= 0.3 is 6.09 Å². The quantitative estimate of drug-likeness (QED) is 0.854. The van der Waals surface area contributed by atoms with Crippen molar-refractivity contribution in [3.8, 4) is 0 Å². The van der Waals surface area contributed by atoms with Crippen LogP contribution in [0.4, 0.5) is 4.79 Å². The monoisotopic (exact) mass is 308 g/mol. The fourth-order valence-corrected chi connectivity index (χ4v) is 2.83. The molecule has 124 valence electrons. The molecule has 5 nitrogen and oxygen atoms in total. The Balaban J connectivity index is 1.96. The van der Waals surface area contributed by atoms with E-state index in [4.69, 9.17) is 9.15 Å². The van der Waals surface area contributed by atoms with Crippen molar-refractivity contribution in [3.05, 3.63) is 24.2 Å². The van der Waals surface area contributed by atoms with Crippen LogP contribution >= 0.6 is 0 Å². The van der Waals surface area contributed by atoms with E-state index in [-0.39, 0.29) is 12.1 Å². The molecule has 0 radical (unpaired) electrons. The SMILES string of the molecule is C[C@H](c1ccco1)N(C)[C@H]1CCCN(C(=O)OC(C)(C)C)C1. The van der Waals surface area contributed by atoms with Crippen molar-refractivity contribution in [3.63, 3.8) is 0 Å². The van der Waals surface area contributed by atoms with Crippen molar-refractivity contribution >= 4 is 6.09 Å². The first kappa shape index (κ1) is 16.9. The van der Waals surface area contributed by atoms with E-state index in [0.29, 0.717) is 12.6 Å². The van der Waals surface area contributed by atoms with E-state index in [0.717, 1.165) is 25.1 Å². The van der Waals surface area contributed by atoms with E-state index in [9.17, 15) is 4.79 Å². The van der Waals surface area contributed by atoms with Gasteiger partial charge in [-0.05, 0) is 59.7 Å². The molecule has 1 amide bonds. The molecule has 1 aliphatic rings. The van der Waals surface area contributed by atoms with Gasteiger partial charge in [0.2, 0.25) is 0 Å². The Morgan fingerprint density at radius 2 is 2.23 bits per heavy atom. The van der Waals surface area contributed by atoms with Gasteiger partial charge in [-0.1, -0.05) is 0 Å². The minimum atomic E-state index is -0.447. The topological polar surface area (TPSA) is 45.9 Å². The molecule has 22 heavy (non-hydrogen) atoms. The normalized spacial score (nSPS) is 21.0. The molecule has 2 atom stereocenters. The molecule has 0 unspecified atom stereocenters. The molecule has 0 bridgehead atoms. The number of piperidine rings is 1. The predicted molar refractivity (Wildman–Crippen MR) is 85.7 cm³/mol. The second-order valence-electron chi connectivity index (χ2n) is 7.08. The molecule has 0 N–H and O–H groups in total. The molecule has 0 aromatic carbocycles. The van der Waals surface area contributed by atoms with Crippen LogP contribution in [0.2, 0.25) is 0 Å². The highest BCUT2D eigenvalue weighted by Gasteiger charge is 2.31. The fourth-order valence-electron chi connectivity index (χ4n) is 2.83. The molecule has 1 aliphatic heterocycles. The van der Waals surface area contributed by atoms with Crippen LogP contribution in [0.25, 0.3) is 0 Å². The highest BCUT2D eigenvalue weighted by atomic mass is 16.6. The van der Waals surface area contributed by atoms with Gasteiger partial charge in [0.05, 0.1) is 12.3 Å². The average molecular weight is 308 g/mol. The van der Waals surface area contributed by atoms with Crippen molar-refractivity contribution in [2.45, 2.75) is 58.2 Å². The predicted octanol–water partition coefficient (Wildman–Crippen LogP) is 3.67. The zero-order valence-electron chi connectivity index (χ0n) is 14.3. The molecule has 0 aliphatic carbocycles. The first-order chi connectivity index (χ1) is 10.3. The Morgan fingerprint density at radius 3 is 2.82 bits per heavy atom. The molecule has 1 fully saturated rings. The van der Waals surface area contributed by atoms with Gasteiger partial charge in [-0.15, -0.1) is 0 Å². The second-order valence-corrected chi connectivity index (χ2v) is 7.08. The largest absolute Gasteiger partial charge is 0.468 e. The summed E-state index contributed by atoms with van der Waals surface area (Å²) < 4.78 is 11.0. The molecule has 5 heteroatoms. The highest BCUT2D eigenvalue weighted by Crippen LogP contribution is 2.26. The van der Waals surface area contributed by atoms with Gasteiger partial charge < -0.3 is 14.1 Å². The standard InChI is InChI=1S/C17H28N2O3/c1-13(15-9-7-11-21-15)18(5)14-8-6-10-19(12-14)16(20)22-17(2,3)4/h7,9,11,13-14H,6,8,10,12H2,1-5H3/t13-,14+/m1/s1. The van der Waals surface area contributed by atoms with Crippen LogP contribution in [-0.2, 0) is 4.74 Å². The van der Waals surface area contributed by atoms with Gasteiger partial charge in [-0.3, -0.25) is 4.90 Å². The lowest BCUT2D eigenvalue weighted by Crippen LogP contribution is -2.50. The Labute approximate surface area is 133 Å². The van der Waals surface area contributed by atoms with Crippen molar-refractivity contribution in [2.24, 2.45) is 0 Å². The molecular weight excluding hydrogens is 280 g/mol. The number of furan rings is 1. The maximum Gasteiger partial charge on any atom is 0.410 e. The summed E-state index contributed by atoms with van der Waals surface area (Å²) in [6.07, 6.45) is 3.57. The molecule has 2 heterocycles. The summed E-state index contributed by atoms with van der Waals surface area (Å²) in [5.74, 6) is 0.955. The first-order valence-electron chi connectivity index (χ1n) is 8.01. The van der Waals surface area contributed by atoms with Gasteiger partial charge in [0.15, 0.2) is 0 Å². The van der Waals surface area contributed by atoms with Crippen LogP contribution in [0.3, 0.4) is 0 Å². The van der Waals surface area contributed by atoms with E-state index in [1.807, 2.05) is 37.8 Å². The average Bonchev–Trinajstić information content (AvgIpc) is 2.98. The Bertz CT molecular complexity index is 479. The number of likely N-dealkylation sites (N-methyl/N-ethyl adjacent to an activating group) is 1. The molecule has 2 rings (SSSR count). The summed E-state index contributed by atoms with van der Waals surface area (Å²) in [6, 6.07) is 4.42. The number of ether oxygens (including phenoxy) is 1. The summed E-state index contributed by atoms with van der Waals surface area (Å²) >= 11 is 0. The zero-order chi connectivity index (χ0) is 16.3. The molecule has 1 saturated heterocycles. The number of amides is 1. The zero-order valence-corrected chi connectivity index (χ0v) is 14.3. The smallest absolute Gasteiger partial charge is 0.410 e. The van der Waals surface area contributed by atoms with E-state index in [1.54, 1.807) is 6.26 Å². The van der Waals surface area contributed by atoms with Gasteiger partial charge in [-0.2, -0.15) is 0 Å². The van der Waals surface area contributed by atoms with E-state index in [1.165, 1.54) is 0 Å². The maximum atomic E-state index is 12.2. The summed E-state index contributed by atoms with van der Waals surface area (Å²) in [7, 11) is 2.09. The number of nitrogens with zero attached hydrogens (tertiary/aromatic N) is 2. The number of likely N-dealkylation sites (tertiary alicyclic amines) is 1. The third kappa shape index (κ3) is 4.26. The molecular formula is C17H28N2O3. The van der Waals surface area contributed by atoms with Crippen LogP contribution < -0.4 is 0 Å². The van der Waals surface area contributed by atoms with Crippen molar-refractivity contribution in [1.29, 1.82) is 0 Å². The molecule has 0 saturated carbocycles. The minimum Gasteiger partial charge on any atom is -0.468 e. The minimum absolute atomic E-state index is 0.193. The lowest BCUT2D eigenvalue weighted by Gasteiger charge is -2.40. The molecule has 1 aromatic heterocycles. The number of rotatable bonds is 3. The van der Waals surface area contributed by atoms with E-state index >= 15 is 0 Å². The first-order valence-corrected chi connectivity index (χ1v) is 8.01. The lowest BCUT2D eigenvalue weighted by molar-refractivity contribution is 0.00898. The third-order valence-corrected chi connectivity index (χ3v) is 4.19. The van der Waals surface area contributed by atoms with E-state index in [2.05, 4.69) is 18.9 Å². The van der Waals surface area contributed by atoms with Gasteiger partial charge in [0.25, 0.3) is 0 Å². The number of carbonyl (C=O) groups excluding carboxylic acids is 1. The summed E-state index contributed by atoms with van der Waals surface area (Å²) in [6.45, 7) is 9.31. The summed E-state index contributed by atoms with van der Waals surface area (Å²) in [4.78, 5) is 16.4. The third-order valence-electron chi connectivity index (χ3n) is 4.19. The van der Waals surface area contributed by atoms with Crippen molar-refractivity contribution in [2.75, 3.05) is 20.1 Å². The van der Waals surface area contributed by atoms with Crippen LogP contribution in [0.5, 0.6) is 0 Å². The fraction of sp³-hybridized carbons (Fsp3) is 0.706. The number of hydrogen-bond acceptors (Lipinski definition) is 4. The second kappa shape index (κ2) is 6.73. The van der Waals surface area contributed by atoms with Crippen molar-refractivity contribution < 1.29 is 13.9 Å². The van der Waals surface area contributed by atoms with Gasteiger partial charge in [0, 0.05) is 19.1 Å². The Hall–Kier alpha value is -1.49. The van der Waals surface area contributed by atoms with Crippen LogP contribution in [0.15, 0.2) is 22.8 Å². The van der Waals surface area contributed by atoms with Crippen LogP contribution in [0.1, 0.15) is 52.3 Å². The number of carbonyl (C=O) groups is 1. The van der Waals surface area contributed by atoms with Gasteiger partial charge in [0.1, 0.15) is 11.4 Å². The Kier molecular flexibility index (Phi) is 5.16. The van der Waals surface area contributed by atoms with Gasteiger partial charge in [-0.25, -0.2) is 4.79 Å². The molecule has 0 spiro atoms. The maximum absolute atomic E-state index is 12.2. The Morgan fingerprint density at radius 1 is 1.50 bits per heavy atom. The molecule has 1 aromatic rings. The lowest BCUT2D eigenvalue weighted by atomic mass is 10.0. The summed E-state index contributed by atoms with van der Waals surface area (Å²) in [5.41, 5.74) is -0.447. The van der Waals surface area contributed by atoms with Crippen LogP contribution in [-0.4, -0.2) is 47.7 Å². The highest BCUT2D eigenvalue weighted by molar-refractivity contribution is 5.68. The van der Waals surface area contributed by atoms with E-state index < -0.39 is 5.60 Å². The summed E-state index contributed by atoms with van der Waals surface area (Å²) in [5, 5.41) is 0. The van der Waals surface area contributed by atoms with Crippen LogP contribution in [0, 0.1) is 0 Å². The number of hydrogen-bond donors (Lipinski definition) is 0. The van der Waals surface area contributed by atoms with Crippen molar-refractivity contribution in [1.82, 2.24) is 9.80 Å².